The van der Waals surface area contributed by atoms with E-state index >= 15 is 0 Å². The number of amides is 2. The van der Waals surface area contributed by atoms with E-state index in [0.29, 0.717) is 32.8 Å². The van der Waals surface area contributed by atoms with Gasteiger partial charge in [-0.3, -0.25) is 0 Å². The Hall–Kier alpha value is -2.15. The minimum atomic E-state index is -0.903. The Morgan fingerprint density at radius 1 is 1.08 bits per heavy atom. The number of hydrogen-bond acceptors (Lipinski definition) is 4. The number of carbonyl (C=O) groups is 1. The number of aliphatic hydroxyl groups excluding tert-OH is 1. The van der Waals surface area contributed by atoms with Gasteiger partial charge in [0, 0.05) is 12.2 Å². The summed E-state index contributed by atoms with van der Waals surface area (Å²) in [5.41, 5.74) is 1.08. The van der Waals surface area contributed by atoms with E-state index in [0.717, 1.165) is 0 Å². The summed E-state index contributed by atoms with van der Waals surface area (Å²) in [5, 5.41) is 16.1. The summed E-state index contributed by atoms with van der Waals surface area (Å²) in [7, 11) is 3.04. The number of nitrogens with one attached hydrogen (secondary N) is 2. The summed E-state index contributed by atoms with van der Waals surface area (Å²) in [6, 6.07) is 9.31. The fraction of sp³-hybridized carbons (Fsp3) is 0.235. The summed E-state index contributed by atoms with van der Waals surface area (Å²) in [5.74, 6) is 1.06. The molecule has 0 fully saturated rings. The van der Waals surface area contributed by atoms with Crippen molar-refractivity contribution in [2.24, 2.45) is 0 Å². The molecular formula is C17H18Cl2N2O4. The molecule has 6 nitrogen and oxygen atoms in total. The number of carbonyl (C=O) groups excluding carboxylic acids is 1. The van der Waals surface area contributed by atoms with Crippen LogP contribution in [-0.4, -0.2) is 31.9 Å². The van der Waals surface area contributed by atoms with Gasteiger partial charge in [-0.1, -0.05) is 29.3 Å². The second kappa shape index (κ2) is 8.80. The van der Waals surface area contributed by atoms with Crippen molar-refractivity contribution >= 4 is 34.9 Å². The van der Waals surface area contributed by atoms with E-state index in [-0.39, 0.29) is 6.54 Å². The summed E-state index contributed by atoms with van der Waals surface area (Å²) >= 11 is 11.7. The third-order valence-corrected chi connectivity index (χ3v) is 4.16. The Bertz CT molecular complexity index is 755. The van der Waals surface area contributed by atoms with E-state index < -0.39 is 12.1 Å². The van der Waals surface area contributed by atoms with E-state index in [4.69, 9.17) is 32.7 Å². The van der Waals surface area contributed by atoms with Crippen LogP contribution >= 0.6 is 23.2 Å². The lowest BCUT2D eigenvalue weighted by molar-refractivity contribution is 0.174. The van der Waals surface area contributed by atoms with E-state index in [1.165, 1.54) is 20.3 Å². The number of halogens is 2. The molecule has 0 aliphatic heterocycles. The lowest BCUT2D eigenvalue weighted by atomic mass is 10.1. The average molecular weight is 385 g/mol. The Balaban J connectivity index is 1.93. The van der Waals surface area contributed by atoms with Gasteiger partial charge in [-0.15, -0.1) is 0 Å². The maximum absolute atomic E-state index is 11.9. The molecule has 2 aromatic carbocycles. The number of methoxy groups -OCH3 is 2. The molecule has 0 heterocycles. The highest BCUT2D eigenvalue weighted by atomic mass is 35.5. The second-order valence-electron chi connectivity index (χ2n) is 5.09. The van der Waals surface area contributed by atoms with Crippen molar-refractivity contribution in [2.75, 3.05) is 26.1 Å². The van der Waals surface area contributed by atoms with Crippen LogP contribution in [0, 0.1) is 0 Å². The van der Waals surface area contributed by atoms with Crippen molar-refractivity contribution in [3.63, 3.8) is 0 Å². The zero-order valence-corrected chi connectivity index (χ0v) is 15.2. The largest absolute Gasteiger partial charge is 0.493 e. The van der Waals surface area contributed by atoms with Gasteiger partial charge in [0.15, 0.2) is 11.5 Å². The molecule has 25 heavy (non-hydrogen) atoms. The zero-order chi connectivity index (χ0) is 18.4. The molecule has 0 saturated heterocycles. The van der Waals surface area contributed by atoms with Crippen molar-refractivity contribution in [3.8, 4) is 11.5 Å². The van der Waals surface area contributed by atoms with Crippen molar-refractivity contribution in [1.82, 2.24) is 5.32 Å². The van der Waals surface area contributed by atoms with Crippen molar-refractivity contribution < 1.29 is 19.4 Å². The summed E-state index contributed by atoms with van der Waals surface area (Å²) in [6.07, 6.45) is -0.903. The molecule has 0 aromatic heterocycles. The minimum absolute atomic E-state index is 0.0165. The minimum Gasteiger partial charge on any atom is -0.493 e. The highest BCUT2D eigenvalue weighted by Crippen LogP contribution is 2.30. The highest BCUT2D eigenvalue weighted by molar-refractivity contribution is 6.42. The fourth-order valence-corrected chi connectivity index (χ4v) is 2.41. The molecule has 2 amide bonds. The maximum Gasteiger partial charge on any atom is 0.319 e. The molecule has 134 valence electrons. The molecule has 1 atom stereocenters. The number of hydrogen-bond donors (Lipinski definition) is 3. The predicted molar refractivity (Wildman–Crippen MR) is 98.0 cm³/mol. The monoisotopic (exact) mass is 384 g/mol. The van der Waals surface area contributed by atoms with Gasteiger partial charge in [-0.05, 0) is 35.9 Å². The third-order valence-electron chi connectivity index (χ3n) is 3.43. The van der Waals surface area contributed by atoms with E-state index in [1.807, 2.05) is 0 Å². The molecule has 0 radical (unpaired) electrons. The van der Waals surface area contributed by atoms with Crippen LogP contribution in [-0.2, 0) is 0 Å². The number of urea groups is 1. The number of ether oxygens (including phenoxy) is 2. The quantitative estimate of drug-likeness (QED) is 0.706. The highest BCUT2D eigenvalue weighted by Gasteiger charge is 2.13. The third kappa shape index (κ3) is 5.16. The van der Waals surface area contributed by atoms with Crippen LogP contribution in [0.25, 0.3) is 0 Å². The van der Waals surface area contributed by atoms with Crippen molar-refractivity contribution in [3.05, 3.63) is 52.0 Å². The van der Waals surface area contributed by atoms with Gasteiger partial charge in [0.25, 0.3) is 0 Å². The Morgan fingerprint density at radius 3 is 2.44 bits per heavy atom. The standard InChI is InChI=1S/C17H18Cl2N2O4/c1-24-15-6-3-10(7-16(15)25-2)14(22)9-20-17(23)21-11-4-5-12(18)13(19)8-11/h3-8,14,22H,9H2,1-2H3,(H2,20,21,23). The second-order valence-corrected chi connectivity index (χ2v) is 5.91. The molecule has 3 N–H and O–H groups in total. The maximum atomic E-state index is 11.9. The molecular weight excluding hydrogens is 367 g/mol. The predicted octanol–water partition coefficient (Wildman–Crippen LogP) is 3.87. The number of aliphatic hydroxyl groups is 1. The van der Waals surface area contributed by atoms with Gasteiger partial charge in [0.2, 0.25) is 0 Å². The number of benzene rings is 2. The van der Waals surface area contributed by atoms with Gasteiger partial charge >= 0.3 is 6.03 Å². The first-order valence-electron chi connectivity index (χ1n) is 7.34. The van der Waals surface area contributed by atoms with Crippen LogP contribution in [0.1, 0.15) is 11.7 Å². The molecule has 0 saturated carbocycles. The molecule has 0 aliphatic rings. The Labute approximate surface area is 155 Å². The number of anilines is 1. The smallest absolute Gasteiger partial charge is 0.319 e. The lowest BCUT2D eigenvalue weighted by Crippen LogP contribution is -2.32. The molecule has 0 spiro atoms. The van der Waals surface area contributed by atoms with Crippen LogP contribution in [0.4, 0.5) is 10.5 Å². The summed E-state index contributed by atoms with van der Waals surface area (Å²) < 4.78 is 10.3. The number of rotatable bonds is 6. The van der Waals surface area contributed by atoms with Crippen LogP contribution in [0.15, 0.2) is 36.4 Å². The molecule has 8 heteroatoms. The van der Waals surface area contributed by atoms with Crippen LogP contribution in [0.3, 0.4) is 0 Å². The van der Waals surface area contributed by atoms with Crippen LogP contribution in [0.5, 0.6) is 11.5 Å². The van der Waals surface area contributed by atoms with Gasteiger partial charge in [-0.2, -0.15) is 0 Å². The van der Waals surface area contributed by atoms with Crippen molar-refractivity contribution in [1.29, 1.82) is 0 Å². The van der Waals surface area contributed by atoms with E-state index in [2.05, 4.69) is 10.6 Å². The molecule has 0 aliphatic carbocycles. The average Bonchev–Trinajstić information content (AvgIpc) is 2.62. The van der Waals surface area contributed by atoms with Gasteiger partial charge in [0.1, 0.15) is 0 Å². The van der Waals surface area contributed by atoms with Crippen molar-refractivity contribution in [2.45, 2.75) is 6.10 Å². The molecule has 0 bridgehead atoms. The van der Waals surface area contributed by atoms with Crippen LogP contribution in [0.2, 0.25) is 10.0 Å². The first-order valence-corrected chi connectivity index (χ1v) is 8.10. The van der Waals surface area contributed by atoms with E-state index in [9.17, 15) is 9.90 Å². The first kappa shape index (κ1) is 19.2. The zero-order valence-electron chi connectivity index (χ0n) is 13.7. The normalized spacial score (nSPS) is 11.6. The molecule has 2 aromatic rings. The summed E-state index contributed by atoms with van der Waals surface area (Å²) in [4.78, 5) is 11.9. The Kier molecular flexibility index (Phi) is 6.75. The lowest BCUT2D eigenvalue weighted by Gasteiger charge is -2.15. The van der Waals surface area contributed by atoms with Gasteiger partial charge in [-0.25, -0.2) is 4.79 Å². The SMILES string of the molecule is COc1ccc(C(O)CNC(=O)Nc2ccc(Cl)c(Cl)c2)cc1OC. The van der Waals surface area contributed by atoms with E-state index in [1.54, 1.807) is 30.3 Å². The van der Waals surface area contributed by atoms with Crippen LogP contribution < -0.4 is 20.1 Å². The van der Waals surface area contributed by atoms with Gasteiger partial charge < -0.3 is 25.2 Å². The summed E-state index contributed by atoms with van der Waals surface area (Å²) in [6.45, 7) is 0.0165. The molecule has 2 rings (SSSR count). The topological polar surface area (TPSA) is 79.8 Å². The van der Waals surface area contributed by atoms with Gasteiger partial charge in [0.05, 0.1) is 30.4 Å². The molecule has 1 unspecified atom stereocenters. The Morgan fingerprint density at radius 2 is 1.80 bits per heavy atom. The fourth-order valence-electron chi connectivity index (χ4n) is 2.12. The first-order chi connectivity index (χ1) is 11.9.